The summed E-state index contributed by atoms with van der Waals surface area (Å²) in [6, 6.07) is 0. The number of nitrogens with zero attached hydrogens (tertiary/aromatic N) is 5. The number of hydrogen-bond donors (Lipinski definition) is 2. The van der Waals surface area contributed by atoms with Crippen molar-refractivity contribution < 1.29 is 0 Å². The number of aryl methyl sites for hydroxylation is 1. The van der Waals surface area contributed by atoms with Crippen molar-refractivity contribution >= 4 is 28.6 Å². The monoisotopic (exact) mass is 207 g/mol. The quantitative estimate of drug-likeness (QED) is 0.659. The van der Waals surface area contributed by atoms with Crippen LogP contribution in [0.4, 0.5) is 17.6 Å². The van der Waals surface area contributed by atoms with Gasteiger partial charge < -0.3 is 16.4 Å². The van der Waals surface area contributed by atoms with E-state index in [-0.39, 0.29) is 0 Å². The van der Waals surface area contributed by atoms with E-state index in [1.807, 2.05) is 14.1 Å². The maximum Gasteiger partial charge on any atom is 0.228 e. The molecule has 2 rings (SSSR count). The molecule has 0 radical (unpaired) electrons. The molecule has 0 saturated heterocycles. The molecule has 0 fully saturated rings. The molecule has 0 aliphatic heterocycles. The van der Waals surface area contributed by atoms with E-state index in [9.17, 15) is 0 Å². The SMILES string of the molecule is CN(C)c1nc(N)c2c(N)nn(C)c2n1. The first kappa shape index (κ1) is 9.50. The first-order valence-electron chi connectivity index (χ1n) is 4.43. The maximum absolute atomic E-state index is 5.80. The van der Waals surface area contributed by atoms with Gasteiger partial charge in [0.15, 0.2) is 11.5 Å². The van der Waals surface area contributed by atoms with Crippen molar-refractivity contribution in [1.29, 1.82) is 0 Å². The van der Waals surface area contributed by atoms with Crippen molar-refractivity contribution in [3.63, 3.8) is 0 Å². The van der Waals surface area contributed by atoms with Crippen LogP contribution in [0.2, 0.25) is 0 Å². The van der Waals surface area contributed by atoms with Gasteiger partial charge in [0.1, 0.15) is 11.2 Å². The van der Waals surface area contributed by atoms with Gasteiger partial charge in [0, 0.05) is 21.1 Å². The molecule has 7 nitrogen and oxygen atoms in total. The lowest BCUT2D eigenvalue weighted by Gasteiger charge is -2.10. The summed E-state index contributed by atoms with van der Waals surface area (Å²) < 4.78 is 1.59. The number of nitrogens with two attached hydrogens (primary N) is 2. The first-order valence-corrected chi connectivity index (χ1v) is 4.43. The fraction of sp³-hybridized carbons (Fsp3) is 0.375. The van der Waals surface area contributed by atoms with E-state index in [1.165, 1.54) is 0 Å². The van der Waals surface area contributed by atoms with Gasteiger partial charge in [-0.05, 0) is 0 Å². The maximum atomic E-state index is 5.80. The van der Waals surface area contributed by atoms with Crippen molar-refractivity contribution in [1.82, 2.24) is 19.7 Å². The molecule has 2 heterocycles. The minimum Gasteiger partial charge on any atom is -0.383 e. The standard InChI is InChI=1S/C8H13N7/c1-14(2)8-11-5(9)4-6(10)13-15(3)7(4)12-8/h1-3H3,(H2,10,13)(H2,9,11,12). The summed E-state index contributed by atoms with van der Waals surface area (Å²) in [5.41, 5.74) is 12.1. The van der Waals surface area contributed by atoms with E-state index >= 15 is 0 Å². The molecule has 2 aromatic heterocycles. The normalized spacial score (nSPS) is 10.9. The van der Waals surface area contributed by atoms with Gasteiger partial charge in [-0.15, -0.1) is 0 Å². The number of aromatic nitrogens is 4. The largest absolute Gasteiger partial charge is 0.383 e. The van der Waals surface area contributed by atoms with Crippen LogP contribution < -0.4 is 16.4 Å². The molecule has 7 heteroatoms. The highest BCUT2D eigenvalue weighted by Gasteiger charge is 2.14. The highest BCUT2D eigenvalue weighted by Crippen LogP contribution is 2.24. The third kappa shape index (κ3) is 1.32. The van der Waals surface area contributed by atoms with Crippen LogP contribution in [0.3, 0.4) is 0 Å². The minimum atomic E-state index is 0.356. The summed E-state index contributed by atoms with van der Waals surface area (Å²) in [5, 5.41) is 4.66. The van der Waals surface area contributed by atoms with Crippen LogP contribution in [-0.4, -0.2) is 33.8 Å². The Bertz CT molecular complexity index is 513. The fourth-order valence-corrected chi connectivity index (χ4v) is 1.39. The Labute approximate surface area is 86.7 Å². The molecule has 0 aliphatic rings. The Hall–Kier alpha value is -2.05. The molecule has 0 atom stereocenters. The molecule has 0 spiro atoms. The van der Waals surface area contributed by atoms with Crippen LogP contribution in [0, 0.1) is 0 Å². The molecule has 15 heavy (non-hydrogen) atoms. The van der Waals surface area contributed by atoms with E-state index in [0.717, 1.165) is 0 Å². The molecule has 0 aromatic carbocycles. The zero-order valence-corrected chi connectivity index (χ0v) is 8.89. The second kappa shape index (κ2) is 2.97. The molecule has 0 saturated carbocycles. The Kier molecular flexibility index (Phi) is 1.88. The summed E-state index contributed by atoms with van der Waals surface area (Å²) >= 11 is 0. The zero-order valence-electron chi connectivity index (χ0n) is 8.89. The van der Waals surface area contributed by atoms with Gasteiger partial charge in [-0.1, -0.05) is 0 Å². The molecule has 80 valence electrons. The number of anilines is 3. The van der Waals surface area contributed by atoms with E-state index in [1.54, 1.807) is 16.6 Å². The van der Waals surface area contributed by atoms with E-state index in [0.29, 0.717) is 28.6 Å². The van der Waals surface area contributed by atoms with Crippen molar-refractivity contribution in [2.45, 2.75) is 0 Å². The average Bonchev–Trinajstić information content (AvgIpc) is 2.42. The summed E-state index contributed by atoms with van der Waals surface area (Å²) in [5.74, 6) is 1.26. The Morgan fingerprint density at radius 3 is 2.40 bits per heavy atom. The van der Waals surface area contributed by atoms with Crippen LogP contribution in [0.15, 0.2) is 0 Å². The minimum absolute atomic E-state index is 0.356. The lowest BCUT2D eigenvalue weighted by molar-refractivity contribution is 0.788. The van der Waals surface area contributed by atoms with Crippen molar-refractivity contribution in [3.05, 3.63) is 0 Å². The predicted molar refractivity (Wildman–Crippen MR) is 59.5 cm³/mol. The van der Waals surface area contributed by atoms with Crippen LogP contribution in [0.25, 0.3) is 11.0 Å². The zero-order chi connectivity index (χ0) is 11.2. The molecule has 0 amide bonds. The molecule has 2 aromatic rings. The molecule has 0 bridgehead atoms. The van der Waals surface area contributed by atoms with Crippen molar-refractivity contribution in [3.8, 4) is 0 Å². The Morgan fingerprint density at radius 2 is 1.80 bits per heavy atom. The highest BCUT2D eigenvalue weighted by atomic mass is 15.3. The van der Waals surface area contributed by atoms with E-state index in [2.05, 4.69) is 15.1 Å². The summed E-state index contributed by atoms with van der Waals surface area (Å²) in [6.07, 6.45) is 0. The lowest BCUT2D eigenvalue weighted by atomic mass is 10.3. The number of rotatable bonds is 1. The highest BCUT2D eigenvalue weighted by molar-refractivity contribution is 5.95. The Morgan fingerprint density at radius 1 is 1.13 bits per heavy atom. The average molecular weight is 207 g/mol. The van der Waals surface area contributed by atoms with Gasteiger partial charge in [0.05, 0.1) is 0 Å². The fourth-order valence-electron chi connectivity index (χ4n) is 1.39. The van der Waals surface area contributed by atoms with Gasteiger partial charge in [0.25, 0.3) is 0 Å². The van der Waals surface area contributed by atoms with Gasteiger partial charge in [-0.2, -0.15) is 15.1 Å². The summed E-state index contributed by atoms with van der Waals surface area (Å²) in [6.45, 7) is 0. The number of fused-ring (bicyclic) bond motifs is 1. The van der Waals surface area contributed by atoms with Gasteiger partial charge >= 0.3 is 0 Å². The van der Waals surface area contributed by atoms with Crippen molar-refractivity contribution in [2.75, 3.05) is 30.5 Å². The first-order chi connectivity index (χ1) is 7.00. The van der Waals surface area contributed by atoms with Gasteiger partial charge in [-0.3, -0.25) is 0 Å². The second-order valence-corrected chi connectivity index (χ2v) is 3.51. The van der Waals surface area contributed by atoms with Gasteiger partial charge in [-0.25, -0.2) is 4.68 Å². The predicted octanol–water partition coefficient (Wildman–Crippen LogP) is -0.406. The van der Waals surface area contributed by atoms with Crippen LogP contribution in [-0.2, 0) is 7.05 Å². The van der Waals surface area contributed by atoms with Crippen LogP contribution in [0.1, 0.15) is 0 Å². The molecule has 4 N–H and O–H groups in total. The number of nitrogen functional groups attached to an aromatic ring is 2. The van der Waals surface area contributed by atoms with Crippen LogP contribution >= 0.6 is 0 Å². The van der Waals surface area contributed by atoms with Crippen LogP contribution in [0.5, 0.6) is 0 Å². The molecule has 0 aliphatic carbocycles. The summed E-state index contributed by atoms with van der Waals surface area (Å²) in [4.78, 5) is 10.2. The lowest BCUT2D eigenvalue weighted by Crippen LogP contribution is -2.14. The van der Waals surface area contributed by atoms with E-state index in [4.69, 9.17) is 11.5 Å². The third-order valence-electron chi connectivity index (χ3n) is 2.13. The second-order valence-electron chi connectivity index (χ2n) is 3.51. The number of hydrogen-bond acceptors (Lipinski definition) is 6. The smallest absolute Gasteiger partial charge is 0.228 e. The van der Waals surface area contributed by atoms with E-state index < -0.39 is 0 Å². The summed E-state index contributed by atoms with van der Waals surface area (Å²) in [7, 11) is 5.46. The third-order valence-corrected chi connectivity index (χ3v) is 2.13. The molecular weight excluding hydrogens is 194 g/mol. The van der Waals surface area contributed by atoms with Gasteiger partial charge in [0.2, 0.25) is 5.95 Å². The molecule has 0 unspecified atom stereocenters. The van der Waals surface area contributed by atoms with Crippen molar-refractivity contribution in [2.24, 2.45) is 7.05 Å². The molecular formula is C8H13N7. The Balaban J connectivity index is 2.81. The topological polar surface area (TPSA) is 98.9 Å².